The first-order valence-corrected chi connectivity index (χ1v) is 15.6. The number of carbonyl (C=O) groups is 3. The number of benzene rings is 2. The summed E-state index contributed by atoms with van der Waals surface area (Å²) in [5, 5.41) is 17.2. The number of ether oxygens (including phenoxy) is 1. The highest BCUT2D eigenvalue weighted by Crippen LogP contribution is 2.45. The number of halogens is 4. The third-order valence-electron chi connectivity index (χ3n) is 9.10. The second-order valence-corrected chi connectivity index (χ2v) is 12.4. The zero-order valence-corrected chi connectivity index (χ0v) is 25.3. The van der Waals surface area contributed by atoms with Crippen LogP contribution in [0.5, 0.6) is 5.88 Å². The highest BCUT2D eigenvalue weighted by molar-refractivity contribution is 5.96. The van der Waals surface area contributed by atoms with Crippen molar-refractivity contribution in [3.8, 4) is 5.88 Å². The van der Waals surface area contributed by atoms with E-state index < -0.39 is 65.0 Å². The van der Waals surface area contributed by atoms with Gasteiger partial charge in [-0.15, -0.1) is 0 Å². The molecule has 3 heterocycles. The summed E-state index contributed by atoms with van der Waals surface area (Å²) < 4.78 is 61.0. The van der Waals surface area contributed by atoms with Gasteiger partial charge in [0, 0.05) is 29.6 Å². The Morgan fingerprint density at radius 2 is 1.91 bits per heavy atom. The first-order valence-electron chi connectivity index (χ1n) is 15.6. The van der Waals surface area contributed by atoms with Gasteiger partial charge in [0.2, 0.25) is 17.7 Å². The number of amides is 2. The molecular weight excluding hydrogens is 620 g/mol. The van der Waals surface area contributed by atoms with Crippen molar-refractivity contribution in [2.24, 2.45) is 5.92 Å². The molecule has 0 unspecified atom stereocenters. The summed E-state index contributed by atoms with van der Waals surface area (Å²) in [6.45, 7) is -0.0691. The van der Waals surface area contributed by atoms with Crippen LogP contribution in [0.4, 0.5) is 23.2 Å². The lowest BCUT2D eigenvalue weighted by atomic mass is 10.0. The number of carboxylic acid groups (broad SMARTS) is 1. The van der Waals surface area contributed by atoms with Crippen molar-refractivity contribution < 1.29 is 41.8 Å². The minimum Gasteiger partial charge on any atom is -0.479 e. The first kappa shape index (κ1) is 32.3. The van der Waals surface area contributed by atoms with Crippen LogP contribution in [-0.2, 0) is 20.6 Å². The van der Waals surface area contributed by atoms with Gasteiger partial charge in [-0.2, -0.15) is 13.2 Å². The molecule has 9 nitrogen and oxygen atoms in total. The van der Waals surface area contributed by atoms with Gasteiger partial charge in [-0.25, -0.2) is 14.2 Å². The number of anilines is 1. The van der Waals surface area contributed by atoms with E-state index >= 15 is 0 Å². The molecule has 1 aromatic heterocycles. The number of aliphatic carboxylic acids is 1. The van der Waals surface area contributed by atoms with Crippen molar-refractivity contribution >= 4 is 34.2 Å². The molecule has 1 saturated heterocycles. The van der Waals surface area contributed by atoms with Crippen molar-refractivity contribution in [2.75, 3.05) is 11.9 Å². The molecule has 0 bridgehead atoms. The molecule has 5 atom stereocenters. The summed E-state index contributed by atoms with van der Waals surface area (Å²) in [6.07, 6.45) is 2.75. The fourth-order valence-electron chi connectivity index (χ4n) is 6.53. The maximum absolute atomic E-state index is 14.3. The van der Waals surface area contributed by atoms with Crippen LogP contribution in [0.2, 0.25) is 0 Å². The number of carbonyl (C=O) groups excluding carboxylic acids is 2. The van der Waals surface area contributed by atoms with E-state index in [9.17, 15) is 37.1 Å². The maximum atomic E-state index is 14.3. The van der Waals surface area contributed by atoms with Gasteiger partial charge in [0.25, 0.3) is 0 Å². The molecule has 0 radical (unpaired) electrons. The molecule has 248 valence electrons. The molecule has 0 spiro atoms. The largest absolute Gasteiger partial charge is 0.479 e. The molecule has 2 amide bonds. The molecular formula is C34H34F4N4O5. The third kappa shape index (κ3) is 6.89. The molecule has 3 aliphatic rings. The third-order valence-corrected chi connectivity index (χ3v) is 9.10. The Kier molecular flexibility index (Phi) is 8.82. The average molecular weight is 655 g/mol. The van der Waals surface area contributed by atoms with E-state index in [2.05, 4.69) is 15.6 Å². The van der Waals surface area contributed by atoms with Crippen LogP contribution in [0, 0.1) is 11.7 Å². The number of alkyl halides is 3. The van der Waals surface area contributed by atoms with E-state index in [-0.39, 0.29) is 31.5 Å². The van der Waals surface area contributed by atoms with Gasteiger partial charge in [-0.3, -0.25) is 9.59 Å². The number of rotatable bonds is 5. The lowest BCUT2D eigenvalue weighted by Gasteiger charge is -2.30. The lowest BCUT2D eigenvalue weighted by Crippen LogP contribution is -2.55. The second kappa shape index (κ2) is 12.8. The first-order chi connectivity index (χ1) is 22.4. The van der Waals surface area contributed by atoms with Crippen molar-refractivity contribution in [1.29, 1.82) is 0 Å². The predicted molar refractivity (Wildman–Crippen MR) is 164 cm³/mol. The Bertz CT molecular complexity index is 1710. The number of allylic oxidation sites excluding steroid dienone is 1. The SMILES string of the molecule is O=C1N[C@]2(C(=O)O)C[C@@H]2/C=C\CCCCC[C@H](Nc2cc(F)cc(C(F)(F)F)c2)C(=O)N2C[C@H](Oc3nccc4ccccc34)C[C@@H]12. The second-order valence-electron chi connectivity index (χ2n) is 12.4. The fourth-order valence-corrected chi connectivity index (χ4v) is 6.53. The van der Waals surface area contributed by atoms with Crippen LogP contribution < -0.4 is 15.4 Å². The van der Waals surface area contributed by atoms with Crippen LogP contribution in [0.25, 0.3) is 10.8 Å². The Morgan fingerprint density at radius 3 is 2.70 bits per heavy atom. The number of aromatic nitrogens is 1. The summed E-state index contributed by atoms with van der Waals surface area (Å²) in [5.41, 5.74) is -2.94. The smallest absolute Gasteiger partial charge is 0.416 e. The van der Waals surface area contributed by atoms with Gasteiger partial charge in [-0.05, 0) is 61.4 Å². The fraction of sp³-hybridized carbons (Fsp3) is 0.412. The summed E-state index contributed by atoms with van der Waals surface area (Å²) in [7, 11) is 0. The predicted octanol–water partition coefficient (Wildman–Crippen LogP) is 5.70. The van der Waals surface area contributed by atoms with Crippen molar-refractivity contribution in [3.63, 3.8) is 0 Å². The normalized spacial score (nSPS) is 27.5. The van der Waals surface area contributed by atoms with Gasteiger partial charge < -0.3 is 25.4 Å². The molecule has 2 aliphatic heterocycles. The standard InChI is InChI=1S/C34H34F4N4O5/c35-23-14-22(34(36,37)38)15-24(16-23)40-27-11-5-3-1-2-4-9-21-18-33(21,32(45)46)41-29(43)28-17-25(19-42(28)31(27)44)47-30-26-10-7-6-8-20(26)12-13-39-30/h4,6-10,12-16,21,25,27-28,40H,1-3,5,11,17-19H2,(H,41,43)(H,45,46)/b9-4-/t21-,25+,27-,28-,33+/m0/s1. The van der Waals surface area contributed by atoms with Crippen molar-refractivity contribution in [3.05, 3.63) is 78.3 Å². The topological polar surface area (TPSA) is 121 Å². The van der Waals surface area contributed by atoms with Gasteiger partial charge in [-0.1, -0.05) is 43.2 Å². The number of hydrogen-bond donors (Lipinski definition) is 3. The molecule has 3 N–H and O–H groups in total. The number of carboxylic acids is 1. The summed E-state index contributed by atoms with van der Waals surface area (Å²) >= 11 is 0. The highest BCUT2D eigenvalue weighted by Gasteiger charge is 2.61. The molecule has 2 fully saturated rings. The zero-order chi connectivity index (χ0) is 33.3. The van der Waals surface area contributed by atoms with Gasteiger partial charge in [0.1, 0.15) is 29.5 Å². The van der Waals surface area contributed by atoms with E-state index in [1.807, 2.05) is 36.4 Å². The molecule has 3 aromatic rings. The van der Waals surface area contributed by atoms with Gasteiger partial charge in [0.15, 0.2) is 0 Å². The molecule has 1 saturated carbocycles. The van der Waals surface area contributed by atoms with Crippen molar-refractivity contribution in [2.45, 2.75) is 74.8 Å². The van der Waals surface area contributed by atoms with E-state index in [1.54, 1.807) is 12.3 Å². The minimum absolute atomic E-state index is 0.0174. The number of hydrogen-bond acceptors (Lipinski definition) is 6. The molecule has 6 rings (SSSR count). The monoisotopic (exact) mass is 654 g/mol. The van der Waals surface area contributed by atoms with E-state index in [0.29, 0.717) is 31.2 Å². The molecule has 2 aromatic carbocycles. The van der Waals surface area contributed by atoms with Crippen LogP contribution in [-0.4, -0.2) is 63.0 Å². The van der Waals surface area contributed by atoms with Gasteiger partial charge in [0.05, 0.1) is 12.1 Å². The lowest BCUT2D eigenvalue weighted by molar-refractivity contribution is -0.145. The summed E-state index contributed by atoms with van der Waals surface area (Å²) in [6, 6.07) is 8.98. The van der Waals surface area contributed by atoms with Crippen LogP contribution in [0.15, 0.2) is 66.9 Å². The molecule has 13 heteroatoms. The minimum atomic E-state index is -4.81. The Morgan fingerprint density at radius 1 is 1.11 bits per heavy atom. The maximum Gasteiger partial charge on any atom is 0.416 e. The molecule has 1 aliphatic carbocycles. The van der Waals surface area contributed by atoms with E-state index in [0.717, 1.165) is 29.3 Å². The van der Waals surface area contributed by atoms with E-state index in [1.165, 1.54) is 4.90 Å². The quantitative estimate of drug-likeness (QED) is 0.239. The number of nitrogens with one attached hydrogen (secondary N) is 2. The summed E-state index contributed by atoms with van der Waals surface area (Å²) in [5.74, 6) is -3.67. The van der Waals surface area contributed by atoms with Crippen molar-refractivity contribution in [1.82, 2.24) is 15.2 Å². The Balaban J connectivity index is 1.33. The zero-order valence-electron chi connectivity index (χ0n) is 25.3. The number of fused-ring (bicyclic) bond motifs is 3. The van der Waals surface area contributed by atoms with Crippen LogP contribution in [0.3, 0.4) is 0 Å². The Labute approximate surface area is 268 Å². The number of pyridine rings is 1. The highest BCUT2D eigenvalue weighted by atomic mass is 19.4. The summed E-state index contributed by atoms with van der Waals surface area (Å²) in [4.78, 5) is 46.1. The average Bonchev–Trinajstić information content (AvgIpc) is 3.56. The number of nitrogens with zero attached hydrogens (tertiary/aromatic N) is 2. The van der Waals surface area contributed by atoms with Crippen LogP contribution >= 0.6 is 0 Å². The Hall–Kier alpha value is -4.68. The van der Waals surface area contributed by atoms with Crippen LogP contribution in [0.1, 0.15) is 50.5 Å². The van der Waals surface area contributed by atoms with Gasteiger partial charge >= 0.3 is 12.1 Å². The molecule has 47 heavy (non-hydrogen) atoms. The van der Waals surface area contributed by atoms with E-state index in [4.69, 9.17) is 4.74 Å².